The largest absolute Gasteiger partial charge is 0.493 e. The average Bonchev–Trinajstić information content (AvgIpc) is 2.73. The van der Waals surface area contributed by atoms with Crippen LogP contribution < -0.4 is 10.5 Å². The van der Waals surface area contributed by atoms with Crippen molar-refractivity contribution in [3.8, 4) is 5.75 Å². The van der Waals surface area contributed by atoms with Gasteiger partial charge in [-0.2, -0.15) is 5.10 Å². The molecule has 0 radical (unpaired) electrons. The van der Waals surface area contributed by atoms with Crippen molar-refractivity contribution in [3.63, 3.8) is 0 Å². The first-order valence-corrected chi connectivity index (χ1v) is 6.14. The van der Waals surface area contributed by atoms with Crippen molar-refractivity contribution in [2.75, 3.05) is 12.3 Å². The van der Waals surface area contributed by atoms with Crippen LogP contribution in [0.4, 0.5) is 5.82 Å². The number of rotatable bonds is 5. The predicted molar refractivity (Wildman–Crippen MR) is 72.7 cm³/mol. The quantitative estimate of drug-likeness (QED) is 0.824. The number of aromatic nitrogens is 2. The van der Waals surface area contributed by atoms with Crippen LogP contribution in [0.25, 0.3) is 0 Å². The van der Waals surface area contributed by atoms with Crippen LogP contribution in [0.5, 0.6) is 5.75 Å². The van der Waals surface area contributed by atoms with Crippen molar-refractivity contribution in [2.45, 2.75) is 26.8 Å². The molecule has 1 aromatic carbocycles. The fraction of sp³-hybridized carbons (Fsp3) is 0.357. The van der Waals surface area contributed by atoms with E-state index < -0.39 is 0 Å². The summed E-state index contributed by atoms with van der Waals surface area (Å²) in [7, 11) is 0. The first kappa shape index (κ1) is 12.5. The van der Waals surface area contributed by atoms with Gasteiger partial charge in [-0.05, 0) is 31.5 Å². The van der Waals surface area contributed by atoms with Crippen LogP contribution in [0, 0.1) is 13.8 Å². The molecule has 4 nitrogen and oxygen atoms in total. The van der Waals surface area contributed by atoms with E-state index in [2.05, 4.69) is 31.1 Å². The molecule has 0 spiro atoms. The smallest absolute Gasteiger partial charge is 0.145 e. The van der Waals surface area contributed by atoms with Crippen LogP contribution in [-0.2, 0) is 6.54 Å². The Morgan fingerprint density at radius 3 is 2.78 bits per heavy atom. The van der Waals surface area contributed by atoms with E-state index in [1.807, 2.05) is 16.9 Å². The molecule has 18 heavy (non-hydrogen) atoms. The van der Waals surface area contributed by atoms with Gasteiger partial charge in [-0.15, -0.1) is 0 Å². The molecule has 0 saturated heterocycles. The number of nitrogens with two attached hydrogens (primary N) is 1. The molecule has 0 bridgehead atoms. The Bertz CT molecular complexity index is 520. The normalized spacial score (nSPS) is 10.6. The maximum absolute atomic E-state index is 5.75. The summed E-state index contributed by atoms with van der Waals surface area (Å²) in [6.07, 6.45) is 2.79. The van der Waals surface area contributed by atoms with Crippen molar-refractivity contribution in [1.29, 1.82) is 0 Å². The topological polar surface area (TPSA) is 53.1 Å². The lowest BCUT2D eigenvalue weighted by Crippen LogP contribution is -2.06. The van der Waals surface area contributed by atoms with E-state index in [-0.39, 0.29) is 0 Å². The molecule has 0 aliphatic rings. The second-order valence-corrected chi connectivity index (χ2v) is 4.47. The van der Waals surface area contributed by atoms with Crippen molar-refractivity contribution in [3.05, 3.63) is 41.6 Å². The molecule has 0 saturated carbocycles. The molecule has 4 heteroatoms. The minimum absolute atomic E-state index is 0.560. The SMILES string of the molecule is Cc1ccc(OCCCn2ccc(N)n2)c(C)c1. The third kappa shape index (κ3) is 3.26. The predicted octanol–water partition coefficient (Wildman–Crippen LogP) is 2.55. The summed E-state index contributed by atoms with van der Waals surface area (Å²) in [6, 6.07) is 8.02. The Labute approximate surface area is 107 Å². The molecule has 0 atom stereocenters. The number of nitrogens with zero attached hydrogens (tertiary/aromatic N) is 2. The fourth-order valence-corrected chi connectivity index (χ4v) is 1.87. The summed E-state index contributed by atoms with van der Waals surface area (Å²) < 4.78 is 7.58. The van der Waals surface area contributed by atoms with Gasteiger partial charge in [0, 0.05) is 19.2 Å². The van der Waals surface area contributed by atoms with Crippen molar-refractivity contribution < 1.29 is 4.74 Å². The monoisotopic (exact) mass is 245 g/mol. The minimum atomic E-state index is 0.560. The Hall–Kier alpha value is -1.97. The number of aryl methyl sites for hydroxylation is 3. The lowest BCUT2D eigenvalue weighted by atomic mass is 10.1. The van der Waals surface area contributed by atoms with Crippen molar-refractivity contribution >= 4 is 5.82 Å². The first-order valence-electron chi connectivity index (χ1n) is 6.14. The zero-order valence-electron chi connectivity index (χ0n) is 10.9. The number of hydrogen-bond donors (Lipinski definition) is 1. The summed E-state index contributed by atoms with van der Waals surface area (Å²) in [5, 5.41) is 4.12. The highest BCUT2D eigenvalue weighted by molar-refractivity contribution is 5.35. The third-order valence-corrected chi connectivity index (χ3v) is 2.78. The number of ether oxygens (including phenoxy) is 1. The van der Waals surface area contributed by atoms with Gasteiger partial charge in [0.1, 0.15) is 11.6 Å². The van der Waals surface area contributed by atoms with Gasteiger partial charge in [0.05, 0.1) is 6.61 Å². The number of hydrogen-bond acceptors (Lipinski definition) is 3. The van der Waals surface area contributed by atoms with E-state index >= 15 is 0 Å². The highest BCUT2D eigenvalue weighted by Gasteiger charge is 2.00. The van der Waals surface area contributed by atoms with E-state index in [9.17, 15) is 0 Å². The van der Waals surface area contributed by atoms with Gasteiger partial charge in [0.2, 0.25) is 0 Å². The van der Waals surface area contributed by atoms with Gasteiger partial charge in [-0.25, -0.2) is 0 Å². The Balaban J connectivity index is 1.78. The number of benzene rings is 1. The Morgan fingerprint density at radius 2 is 2.11 bits per heavy atom. The zero-order valence-corrected chi connectivity index (χ0v) is 10.9. The molecule has 2 N–H and O–H groups in total. The molecule has 0 fully saturated rings. The van der Waals surface area contributed by atoms with Gasteiger partial charge in [-0.1, -0.05) is 17.7 Å². The maximum Gasteiger partial charge on any atom is 0.145 e. The molecule has 0 aliphatic heterocycles. The lowest BCUT2D eigenvalue weighted by Gasteiger charge is -2.09. The van der Waals surface area contributed by atoms with Crippen molar-refractivity contribution in [2.24, 2.45) is 0 Å². The first-order chi connectivity index (χ1) is 8.65. The highest BCUT2D eigenvalue weighted by Crippen LogP contribution is 2.18. The van der Waals surface area contributed by atoms with Crippen LogP contribution in [0.1, 0.15) is 17.5 Å². The van der Waals surface area contributed by atoms with Gasteiger partial charge < -0.3 is 10.5 Å². The van der Waals surface area contributed by atoms with Crippen LogP contribution >= 0.6 is 0 Å². The number of anilines is 1. The molecular formula is C14H19N3O. The van der Waals surface area contributed by atoms with E-state index in [0.717, 1.165) is 18.7 Å². The second kappa shape index (κ2) is 5.58. The standard InChI is InChI=1S/C14H19N3O/c1-11-4-5-13(12(2)10-11)18-9-3-7-17-8-6-14(15)16-17/h4-6,8,10H,3,7,9H2,1-2H3,(H2,15,16). The molecule has 0 aliphatic carbocycles. The third-order valence-electron chi connectivity index (χ3n) is 2.78. The molecule has 1 aromatic heterocycles. The van der Waals surface area contributed by atoms with Crippen LogP contribution in [-0.4, -0.2) is 16.4 Å². The molecule has 2 rings (SSSR count). The van der Waals surface area contributed by atoms with Gasteiger partial charge in [-0.3, -0.25) is 4.68 Å². The van der Waals surface area contributed by atoms with Gasteiger partial charge in [0.15, 0.2) is 0 Å². The fourth-order valence-electron chi connectivity index (χ4n) is 1.87. The van der Waals surface area contributed by atoms with Crippen LogP contribution in [0.3, 0.4) is 0 Å². The van der Waals surface area contributed by atoms with E-state index in [0.29, 0.717) is 12.4 Å². The van der Waals surface area contributed by atoms with E-state index in [4.69, 9.17) is 10.5 Å². The van der Waals surface area contributed by atoms with Crippen molar-refractivity contribution in [1.82, 2.24) is 9.78 Å². The molecule has 2 aromatic rings. The van der Waals surface area contributed by atoms with Crippen LogP contribution in [0.15, 0.2) is 30.5 Å². The summed E-state index contributed by atoms with van der Waals surface area (Å²) in [5.74, 6) is 1.52. The minimum Gasteiger partial charge on any atom is -0.493 e. The molecule has 0 unspecified atom stereocenters. The Kier molecular flexibility index (Phi) is 3.87. The zero-order chi connectivity index (χ0) is 13.0. The molecule has 96 valence electrons. The Morgan fingerprint density at radius 1 is 1.28 bits per heavy atom. The van der Waals surface area contributed by atoms with Crippen LogP contribution in [0.2, 0.25) is 0 Å². The maximum atomic E-state index is 5.75. The average molecular weight is 245 g/mol. The van der Waals surface area contributed by atoms with E-state index in [1.165, 1.54) is 11.1 Å². The molecular weight excluding hydrogens is 226 g/mol. The summed E-state index contributed by atoms with van der Waals surface area (Å²) >= 11 is 0. The summed E-state index contributed by atoms with van der Waals surface area (Å²) in [6.45, 7) is 5.65. The summed E-state index contributed by atoms with van der Waals surface area (Å²) in [4.78, 5) is 0. The van der Waals surface area contributed by atoms with Gasteiger partial charge in [0.25, 0.3) is 0 Å². The van der Waals surface area contributed by atoms with E-state index in [1.54, 1.807) is 6.07 Å². The van der Waals surface area contributed by atoms with Gasteiger partial charge >= 0.3 is 0 Å². The summed E-state index contributed by atoms with van der Waals surface area (Å²) in [5.41, 5.74) is 7.98. The molecule has 0 amide bonds. The highest BCUT2D eigenvalue weighted by atomic mass is 16.5. The number of nitrogen functional groups attached to an aromatic ring is 1. The lowest BCUT2D eigenvalue weighted by molar-refractivity contribution is 0.297. The second-order valence-electron chi connectivity index (χ2n) is 4.47. The molecule has 1 heterocycles.